The lowest BCUT2D eigenvalue weighted by molar-refractivity contribution is -0.228. The van der Waals surface area contributed by atoms with Crippen molar-refractivity contribution in [1.82, 2.24) is 20.4 Å². The van der Waals surface area contributed by atoms with Crippen molar-refractivity contribution in [1.29, 1.82) is 0 Å². The van der Waals surface area contributed by atoms with Crippen molar-refractivity contribution in [3.8, 4) is 0 Å². The van der Waals surface area contributed by atoms with E-state index in [-0.39, 0.29) is 32.0 Å². The second-order valence-corrected chi connectivity index (χ2v) is 6.33. The lowest BCUT2D eigenvalue weighted by atomic mass is 10.0. The summed E-state index contributed by atoms with van der Waals surface area (Å²) in [7, 11) is 0. The van der Waals surface area contributed by atoms with Gasteiger partial charge >= 0.3 is 12.2 Å². The number of rotatable bonds is 3. The molecule has 1 fully saturated rings. The number of hydrogen-bond acceptors (Lipinski definition) is 3. The van der Waals surface area contributed by atoms with Crippen LogP contribution in [-0.4, -0.2) is 52.6 Å². The van der Waals surface area contributed by atoms with Crippen molar-refractivity contribution in [2.45, 2.75) is 58.0 Å². The zero-order valence-corrected chi connectivity index (χ0v) is 14.0. The molecule has 0 bridgehead atoms. The molecule has 0 saturated carbocycles. The summed E-state index contributed by atoms with van der Waals surface area (Å²) in [5.74, 6) is 0.259. The second-order valence-electron chi connectivity index (χ2n) is 6.33. The van der Waals surface area contributed by atoms with Crippen LogP contribution in [0.1, 0.15) is 44.4 Å². The standard InChI is InChI=1S/C15H23F3N4O2/c1-9(2)11-6-20-21-12(11)7-19-14(23)22-5-4-13(15(16,17)18)24-10(3)8-22/h6,9-10,13H,4-5,7-8H2,1-3H3,(H,19,23)(H,20,21). The number of carbonyl (C=O) groups is 1. The molecule has 1 saturated heterocycles. The molecule has 136 valence electrons. The molecule has 0 radical (unpaired) electrons. The predicted molar refractivity (Wildman–Crippen MR) is 81.5 cm³/mol. The van der Waals surface area contributed by atoms with Crippen LogP contribution >= 0.6 is 0 Å². The van der Waals surface area contributed by atoms with Gasteiger partial charge in [-0.15, -0.1) is 0 Å². The number of ether oxygens (including phenoxy) is 1. The summed E-state index contributed by atoms with van der Waals surface area (Å²) < 4.78 is 43.5. The minimum atomic E-state index is -4.41. The van der Waals surface area contributed by atoms with Gasteiger partial charge in [-0.1, -0.05) is 13.8 Å². The van der Waals surface area contributed by atoms with Crippen molar-refractivity contribution in [3.05, 3.63) is 17.5 Å². The van der Waals surface area contributed by atoms with Crippen LogP contribution in [0.5, 0.6) is 0 Å². The number of H-pyrrole nitrogens is 1. The van der Waals surface area contributed by atoms with Gasteiger partial charge in [0.15, 0.2) is 6.10 Å². The third-order valence-electron chi connectivity index (χ3n) is 3.98. The number of urea groups is 1. The fourth-order valence-electron chi connectivity index (χ4n) is 2.73. The number of carbonyl (C=O) groups excluding carboxylic acids is 1. The van der Waals surface area contributed by atoms with Crippen LogP contribution in [-0.2, 0) is 11.3 Å². The Balaban J connectivity index is 1.93. The van der Waals surface area contributed by atoms with Crippen LogP contribution in [0.4, 0.5) is 18.0 Å². The summed E-state index contributed by atoms with van der Waals surface area (Å²) in [5.41, 5.74) is 1.80. The first kappa shape index (κ1) is 18.6. The average Bonchev–Trinajstić information content (AvgIpc) is 2.85. The van der Waals surface area contributed by atoms with E-state index in [0.29, 0.717) is 0 Å². The smallest absolute Gasteiger partial charge is 0.364 e. The number of hydrogen-bond donors (Lipinski definition) is 2. The molecule has 24 heavy (non-hydrogen) atoms. The van der Waals surface area contributed by atoms with Crippen molar-refractivity contribution >= 4 is 6.03 Å². The van der Waals surface area contributed by atoms with E-state index in [1.165, 1.54) is 11.8 Å². The van der Waals surface area contributed by atoms with Crippen molar-refractivity contribution in [3.63, 3.8) is 0 Å². The Kier molecular flexibility index (Phi) is 5.74. The molecule has 2 atom stereocenters. The molecule has 1 aromatic heterocycles. The first-order valence-electron chi connectivity index (χ1n) is 7.95. The highest BCUT2D eigenvalue weighted by Gasteiger charge is 2.43. The van der Waals surface area contributed by atoms with E-state index in [1.54, 1.807) is 6.20 Å². The summed E-state index contributed by atoms with van der Waals surface area (Å²) >= 11 is 0. The van der Waals surface area contributed by atoms with E-state index in [1.807, 2.05) is 13.8 Å². The largest absolute Gasteiger partial charge is 0.414 e. The van der Waals surface area contributed by atoms with E-state index >= 15 is 0 Å². The third kappa shape index (κ3) is 4.62. The number of nitrogens with zero attached hydrogens (tertiary/aromatic N) is 2. The fourth-order valence-corrected chi connectivity index (χ4v) is 2.73. The topological polar surface area (TPSA) is 70.2 Å². The number of aromatic nitrogens is 2. The summed E-state index contributed by atoms with van der Waals surface area (Å²) in [6.07, 6.45) is -5.47. The molecule has 9 heteroatoms. The van der Waals surface area contributed by atoms with Gasteiger partial charge in [-0.3, -0.25) is 5.10 Å². The Labute approximate surface area is 138 Å². The molecule has 2 amide bonds. The molecule has 2 heterocycles. The van der Waals surface area contributed by atoms with Crippen LogP contribution in [0.3, 0.4) is 0 Å². The molecule has 2 unspecified atom stereocenters. The van der Waals surface area contributed by atoms with E-state index in [2.05, 4.69) is 15.5 Å². The molecule has 1 aromatic rings. The Bertz CT molecular complexity index is 559. The van der Waals surface area contributed by atoms with Crippen LogP contribution in [0.2, 0.25) is 0 Å². The van der Waals surface area contributed by atoms with Crippen LogP contribution < -0.4 is 5.32 Å². The highest BCUT2D eigenvalue weighted by atomic mass is 19.4. The fraction of sp³-hybridized carbons (Fsp3) is 0.733. The van der Waals surface area contributed by atoms with Gasteiger partial charge in [-0.05, 0) is 18.4 Å². The zero-order chi connectivity index (χ0) is 17.9. The highest BCUT2D eigenvalue weighted by molar-refractivity contribution is 5.74. The van der Waals surface area contributed by atoms with Crippen molar-refractivity contribution in [2.75, 3.05) is 13.1 Å². The molecular formula is C15H23F3N4O2. The van der Waals surface area contributed by atoms with Crippen molar-refractivity contribution in [2.24, 2.45) is 0 Å². The minimum Gasteiger partial charge on any atom is -0.364 e. The number of amides is 2. The highest BCUT2D eigenvalue weighted by Crippen LogP contribution is 2.28. The number of halogens is 3. The van der Waals surface area contributed by atoms with Crippen LogP contribution in [0.15, 0.2) is 6.20 Å². The summed E-state index contributed by atoms with van der Waals surface area (Å²) in [5, 5.41) is 9.53. The first-order chi connectivity index (χ1) is 11.2. The third-order valence-corrected chi connectivity index (χ3v) is 3.98. The molecule has 1 aliphatic rings. The van der Waals surface area contributed by atoms with Gasteiger partial charge in [0.1, 0.15) is 0 Å². The maximum absolute atomic E-state index is 12.8. The molecule has 1 aliphatic heterocycles. The maximum Gasteiger partial charge on any atom is 0.414 e. The van der Waals surface area contributed by atoms with E-state index in [4.69, 9.17) is 4.74 Å². The van der Waals surface area contributed by atoms with Gasteiger partial charge in [0.25, 0.3) is 0 Å². The van der Waals surface area contributed by atoms with E-state index < -0.39 is 24.4 Å². The molecule has 0 aliphatic carbocycles. The van der Waals surface area contributed by atoms with Gasteiger partial charge in [0, 0.05) is 19.5 Å². The second kappa shape index (κ2) is 7.42. The monoisotopic (exact) mass is 348 g/mol. The number of nitrogens with one attached hydrogen (secondary N) is 2. The Hall–Kier alpha value is -1.77. The van der Waals surface area contributed by atoms with E-state index in [0.717, 1.165) is 11.3 Å². The van der Waals surface area contributed by atoms with Gasteiger partial charge in [-0.2, -0.15) is 18.3 Å². The molecule has 0 spiro atoms. The number of aromatic amines is 1. The van der Waals surface area contributed by atoms with Gasteiger partial charge in [0.2, 0.25) is 0 Å². The summed E-state index contributed by atoms with van der Waals surface area (Å²) in [6.45, 7) is 5.94. The Morgan fingerprint density at radius 1 is 1.54 bits per heavy atom. The number of alkyl halides is 3. The predicted octanol–water partition coefficient (Wildman–Crippen LogP) is 2.78. The minimum absolute atomic E-state index is 0.000361. The molecule has 6 nitrogen and oxygen atoms in total. The normalized spacial score (nSPS) is 22.5. The lowest BCUT2D eigenvalue weighted by Crippen LogP contribution is -2.42. The maximum atomic E-state index is 12.8. The average molecular weight is 348 g/mol. The van der Waals surface area contributed by atoms with Gasteiger partial charge < -0.3 is 15.0 Å². The zero-order valence-electron chi connectivity index (χ0n) is 14.0. The van der Waals surface area contributed by atoms with Crippen molar-refractivity contribution < 1.29 is 22.7 Å². The molecule has 2 rings (SSSR count). The Morgan fingerprint density at radius 2 is 2.25 bits per heavy atom. The molecule has 0 aromatic carbocycles. The van der Waals surface area contributed by atoms with Crippen LogP contribution in [0.25, 0.3) is 0 Å². The molecular weight excluding hydrogens is 325 g/mol. The Morgan fingerprint density at radius 3 is 2.88 bits per heavy atom. The first-order valence-corrected chi connectivity index (χ1v) is 7.95. The van der Waals surface area contributed by atoms with Gasteiger partial charge in [0.05, 0.1) is 24.5 Å². The summed E-state index contributed by atoms with van der Waals surface area (Å²) in [4.78, 5) is 13.6. The van der Waals surface area contributed by atoms with E-state index in [9.17, 15) is 18.0 Å². The molecule has 2 N–H and O–H groups in total. The van der Waals surface area contributed by atoms with Crippen LogP contribution in [0, 0.1) is 0 Å². The van der Waals surface area contributed by atoms with Gasteiger partial charge in [-0.25, -0.2) is 4.79 Å². The summed E-state index contributed by atoms with van der Waals surface area (Å²) in [6, 6.07) is -0.405. The lowest BCUT2D eigenvalue weighted by Gasteiger charge is -2.22. The quantitative estimate of drug-likeness (QED) is 0.882. The SMILES string of the molecule is CC1CN(C(=O)NCc2[nH]ncc2C(C)C)CCC(C(F)(F)F)O1.